The van der Waals surface area contributed by atoms with Gasteiger partial charge in [0, 0.05) is 13.0 Å². The highest BCUT2D eigenvalue weighted by molar-refractivity contribution is 5.85. The van der Waals surface area contributed by atoms with E-state index in [2.05, 4.69) is 0 Å². The average Bonchev–Trinajstić information content (AvgIpc) is 2.82. The molecule has 0 aliphatic carbocycles. The minimum atomic E-state index is -1.11. The molecule has 0 unspecified atom stereocenters. The largest absolute Gasteiger partial charge is 0.484 e. The van der Waals surface area contributed by atoms with Gasteiger partial charge in [-0.2, -0.15) is 0 Å². The molecule has 0 aromatic heterocycles. The summed E-state index contributed by atoms with van der Waals surface area (Å²) in [6.07, 6.45) is -0.735. The Bertz CT molecular complexity index is 557. The van der Waals surface area contributed by atoms with E-state index in [9.17, 15) is 14.7 Å². The van der Waals surface area contributed by atoms with Gasteiger partial charge in [-0.1, -0.05) is 6.07 Å². The highest BCUT2D eigenvalue weighted by atomic mass is 16.5. The van der Waals surface area contributed by atoms with Crippen LogP contribution < -0.4 is 4.74 Å². The van der Waals surface area contributed by atoms with Gasteiger partial charge in [0.15, 0.2) is 6.61 Å². The van der Waals surface area contributed by atoms with Gasteiger partial charge in [0.2, 0.25) is 0 Å². The molecule has 1 aromatic rings. The van der Waals surface area contributed by atoms with Crippen LogP contribution in [0.25, 0.3) is 0 Å². The van der Waals surface area contributed by atoms with Gasteiger partial charge in [0.25, 0.3) is 5.91 Å². The summed E-state index contributed by atoms with van der Waals surface area (Å²) in [6, 6.07) is 4.52. The molecule has 6 heteroatoms. The van der Waals surface area contributed by atoms with Crippen molar-refractivity contribution in [1.82, 2.24) is 4.90 Å². The number of likely N-dealkylation sites (tertiary alicyclic amines) is 1. The maximum absolute atomic E-state index is 12.1. The van der Waals surface area contributed by atoms with Crippen molar-refractivity contribution >= 4 is 11.9 Å². The van der Waals surface area contributed by atoms with Crippen molar-refractivity contribution in [3.05, 3.63) is 29.3 Å². The van der Waals surface area contributed by atoms with E-state index in [1.807, 2.05) is 26.0 Å². The molecule has 2 rings (SSSR count). The Morgan fingerprint density at radius 1 is 1.33 bits per heavy atom. The first-order chi connectivity index (χ1) is 9.88. The van der Waals surface area contributed by atoms with Gasteiger partial charge in [-0.3, -0.25) is 4.79 Å². The van der Waals surface area contributed by atoms with E-state index in [0.717, 1.165) is 16.0 Å². The van der Waals surface area contributed by atoms with Crippen molar-refractivity contribution in [1.29, 1.82) is 0 Å². The van der Waals surface area contributed by atoms with Crippen molar-refractivity contribution in [2.24, 2.45) is 0 Å². The number of hydrogen-bond acceptors (Lipinski definition) is 4. The molecule has 1 saturated heterocycles. The number of aryl methyl sites for hydroxylation is 2. The van der Waals surface area contributed by atoms with Crippen molar-refractivity contribution in [2.75, 3.05) is 13.2 Å². The Balaban J connectivity index is 1.97. The molecule has 0 spiro atoms. The molecule has 1 aliphatic heterocycles. The van der Waals surface area contributed by atoms with Gasteiger partial charge in [0.05, 0.1) is 6.10 Å². The SMILES string of the molecule is Cc1ccc(OCC(=O)N2C[C@H](O)C[C@H]2C(=O)O)cc1C. The molecule has 1 aromatic carbocycles. The Hall–Kier alpha value is -2.08. The van der Waals surface area contributed by atoms with Crippen LogP contribution >= 0.6 is 0 Å². The molecule has 1 amide bonds. The van der Waals surface area contributed by atoms with Crippen molar-refractivity contribution < 1.29 is 24.5 Å². The van der Waals surface area contributed by atoms with E-state index >= 15 is 0 Å². The number of carbonyl (C=O) groups excluding carboxylic acids is 1. The lowest BCUT2D eigenvalue weighted by Gasteiger charge is -2.21. The van der Waals surface area contributed by atoms with Crippen LogP contribution in [0, 0.1) is 13.8 Å². The summed E-state index contributed by atoms with van der Waals surface area (Å²) in [5, 5.41) is 18.6. The number of aliphatic carboxylic acids is 1. The summed E-state index contributed by atoms with van der Waals surface area (Å²) in [6.45, 7) is 3.72. The third kappa shape index (κ3) is 3.52. The zero-order chi connectivity index (χ0) is 15.6. The van der Waals surface area contributed by atoms with Crippen molar-refractivity contribution in [2.45, 2.75) is 32.4 Å². The Morgan fingerprint density at radius 3 is 2.67 bits per heavy atom. The van der Waals surface area contributed by atoms with Crippen LogP contribution in [0.3, 0.4) is 0 Å². The second-order valence-corrected chi connectivity index (χ2v) is 5.32. The van der Waals surface area contributed by atoms with E-state index in [0.29, 0.717) is 5.75 Å². The summed E-state index contributed by atoms with van der Waals surface area (Å²) in [5.41, 5.74) is 2.18. The molecule has 2 N–H and O–H groups in total. The second-order valence-electron chi connectivity index (χ2n) is 5.32. The fourth-order valence-corrected chi connectivity index (χ4v) is 2.36. The van der Waals surface area contributed by atoms with Crippen LogP contribution in [0.4, 0.5) is 0 Å². The lowest BCUT2D eigenvalue weighted by atomic mass is 10.1. The summed E-state index contributed by atoms with van der Waals surface area (Å²) in [7, 11) is 0. The summed E-state index contributed by atoms with van der Waals surface area (Å²) in [5.74, 6) is -0.971. The van der Waals surface area contributed by atoms with E-state index in [-0.39, 0.29) is 19.6 Å². The number of hydrogen-bond donors (Lipinski definition) is 2. The van der Waals surface area contributed by atoms with Crippen LogP contribution in [0.1, 0.15) is 17.5 Å². The van der Waals surface area contributed by atoms with Crippen molar-refractivity contribution in [3.8, 4) is 5.75 Å². The van der Waals surface area contributed by atoms with E-state index in [1.165, 1.54) is 0 Å². The molecule has 0 saturated carbocycles. The monoisotopic (exact) mass is 293 g/mol. The molecule has 1 fully saturated rings. The van der Waals surface area contributed by atoms with E-state index in [4.69, 9.17) is 9.84 Å². The number of aliphatic hydroxyl groups is 1. The number of carboxylic acid groups (broad SMARTS) is 1. The second kappa shape index (κ2) is 6.13. The number of carbonyl (C=O) groups is 2. The zero-order valence-electron chi connectivity index (χ0n) is 12.1. The van der Waals surface area contributed by atoms with Crippen LogP contribution in [0.15, 0.2) is 18.2 Å². The van der Waals surface area contributed by atoms with E-state index < -0.39 is 24.0 Å². The first-order valence-electron chi connectivity index (χ1n) is 6.79. The summed E-state index contributed by atoms with van der Waals surface area (Å²) < 4.78 is 5.41. The molecule has 2 atom stereocenters. The maximum atomic E-state index is 12.1. The van der Waals surface area contributed by atoms with E-state index in [1.54, 1.807) is 6.07 Å². The van der Waals surface area contributed by atoms with Gasteiger partial charge in [-0.15, -0.1) is 0 Å². The molecular weight excluding hydrogens is 274 g/mol. The lowest BCUT2D eigenvalue weighted by Crippen LogP contribution is -2.42. The quantitative estimate of drug-likeness (QED) is 0.854. The predicted molar refractivity (Wildman–Crippen MR) is 75.2 cm³/mol. The normalized spacial score (nSPS) is 21.4. The number of benzene rings is 1. The first-order valence-corrected chi connectivity index (χ1v) is 6.79. The molecule has 0 bridgehead atoms. The number of rotatable bonds is 4. The van der Waals surface area contributed by atoms with Gasteiger partial charge >= 0.3 is 5.97 Å². The molecule has 1 aliphatic rings. The van der Waals surface area contributed by atoms with Crippen molar-refractivity contribution in [3.63, 3.8) is 0 Å². The highest BCUT2D eigenvalue weighted by Crippen LogP contribution is 2.20. The molecule has 21 heavy (non-hydrogen) atoms. The van der Waals surface area contributed by atoms with Gasteiger partial charge in [-0.25, -0.2) is 4.79 Å². The number of amides is 1. The fourth-order valence-electron chi connectivity index (χ4n) is 2.36. The minimum Gasteiger partial charge on any atom is -0.484 e. The zero-order valence-corrected chi connectivity index (χ0v) is 12.1. The number of β-amino-alcohol motifs (C(OH)–C–C–N with tert-alkyl or cyclic N) is 1. The first kappa shape index (κ1) is 15.3. The van der Waals surface area contributed by atoms with Crippen LogP contribution in [0.5, 0.6) is 5.75 Å². The molecule has 0 radical (unpaired) electrons. The predicted octanol–water partition coefficient (Wildman–Crippen LogP) is 0.729. The van der Waals surface area contributed by atoms with Crippen LogP contribution in [-0.2, 0) is 9.59 Å². The highest BCUT2D eigenvalue weighted by Gasteiger charge is 2.38. The smallest absolute Gasteiger partial charge is 0.326 e. The topological polar surface area (TPSA) is 87.1 Å². The van der Waals surface area contributed by atoms with Crippen LogP contribution in [0.2, 0.25) is 0 Å². The standard InChI is InChI=1S/C15H19NO5/c1-9-3-4-12(5-10(9)2)21-8-14(18)16-7-11(17)6-13(16)15(19)20/h3-5,11,13,17H,6-8H2,1-2H3,(H,19,20)/t11-,13+/m1/s1. The number of nitrogens with zero attached hydrogens (tertiary/aromatic N) is 1. The number of ether oxygens (including phenoxy) is 1. The maximum Gasteiger partial charge on any atom is 0.326 e. The van der Waals surface area contributed by atoms with Gasteiger partial charge < -0.3 is 19.8 Å². The summed E-state index contributed by atoms with van der Waals surface area (Å²) in [4.78, 5) is 24.3. The summed E-state index contributed by atoms with van der Waals surface area (Å²) >= 11 is 0. The third-order valence-corrected chi connectivity index (χ3v) is 3.73. The molecule has 6 nitrogen and oxygen atoms in total. The molecular formula is C15H19NO5. The Morgan fingerprint density at radius 2 is 2.05 bits per heavy atom. The lowest BCUT2D eigenvalue weighted by molar-refractivity contribution is -0.148. The minimum absolute atomic E-state index is 0.0338. The Labute approximate surface area is 122 Å². The van der Waals surface area contributed by atoms with Crippen LogP contribution in [-0.4, -0.2) is 52.3 Å². The molecule has 114 valence electrons. The fraction of sp³-hybridized carbons (Fsp3) is 0.467. The Kier molecular flexibility index (Phi) is 4.47. The molecule has 1 heterocycles. The third-order valence-electron chi connectivity index (χ3n) is 3.73. The van der Waals surface area contributed by atoms with Gasteiger partial charge in [0.1, 0.15) is 11.8 Å². The van der Waals surface area contributed by atoms with Gasteiger partial charge in [-0.05, 0) is 37.1 Å². The number of aliphatic hydroxyl groups excluding tert-OH is 1. The average molecular weight is 293 g/mol. The number of carboxylic acids is 1.